The molecule has 0 unspecified atom stereocenters. The zero-order valence-electron chi connectivity index (χ0n) is 8.21. The van der Waals surface area contributed by atoms with E-state index in [0.29, 0.717) is 0 Å². The highest BCUT2D eigenvalue weighted by Gasteiger charge is 2.25. The van der Waals surface area contributed by atoms with Gasteiger partial charge in [-0.1, -0.05) is 0 Å². The van der Waals surface area contributed by atoms with Crippen LogP contribution in [0.1, 0.15) is 13.8 Å². The van der Waals surface area contributed by atoms with E-state index >= 15 is 0 Å². The molecule has 0 atom stereocenters. The monoisotopic (exact) mass is 196 g/mol. The molecule has 0 aromatic carbocycles. The van der Waals surface area contributed by atoms with Crippen LogP contribution >= 0.6 is 11.3 Å². The molecule has 2 heterocycles. The smallest absolute Gasteiger partial charge is 0.0475 e. The molecule has 3 heteroatoms. The largest absolute Gasteiger partial charge is 0.368 e. The summed E-state index contributed by atoms with van der Waals surface area (Å²) >= 11 is 1.77. The SMILES string of the molecule is CC1(C)CN(c2ccsc2)CCN1. The van der Waals surface area contributed by atoms with Crippen LogP contribution in [-0.2, 0) is 0 Å². The summed E-state index contributed by atoms with van der Waals surface area (Å²) < 4.78 is 0. The lowest BCUT2D eigenvalue weighted by Gasteiger charge is -2.39. The third-order valence-electron chi connectivity index (χ3n) is 2.44. The summed E-state index contributed by atoms with van der Waals surface area (Å²) in [6.45, 7) is 7.82. The van der Waals surface area contributed by atoms with E-state index in [1.807, 2.05) is 0 Å². The number of hydrogen-bond acceptors (Lipinski definition) is 3. The molecular weight excluding hydrogens is 180 g/mol. The van der Waals surface area contributed by atoms with Crippen LogP contribution in [0.4, 0.5) is 5.69 Å². The molecule has 0 spiro atoms. The second kappa shape index (κ2) is 3.31. The Morgan fingerprint density at radius 1 is 1.54 bits per heavy atom. The van der Waals surface area contributed by atoms with Crippen molar-refractivity contribution < 1.29 is 0 Å². The second-order valence-electron chi connectivity index (χ2n) is 4.21. The van der Waals surface area contributed by atoms with Crippen molar-refractivity contribution in [3.63, 3.8) is 0 Å². The summed E-state index contributed by atoms with van der Waals surface area (Å²) in [6, 6.07) is 2.20. The number of nitrogens with zero attached hydrogens (tertiary/aromatic N) is 1. The summed E-state index contributed by atoms with van der Waals surface area (Å²) in [5.74, 6) is 0. The molecule has 0 amide bonds. The Hall–Kier alpha value is -0.540. The normalized spacial score (nSPS) is 21.8. The average Bonchev–Trinajstić information content (AvgIpc) is 2.53. The molecule has 0 radical (unpaired) electrons. The number of nitrogens with one attached hydrogen (secondary N) is 1. The van der Waals surface area contributed by atoms with Crippen LogP contribution in [0.5, 0.6) is 0 Å². The molecule has 1 aromatic rings. The molecule has 1 saturated heterocycles. The van der Waals surface area contributed by atoms with Crippen LogP contribution < -0.4 is 10.2 Å². The molecule has 2 rings (SSSR count). The highest BCUT2D eigenvalue weighted by molar-refractivity contribution is 7.08. The summed E-state index contributed by atoms with van der Waals surface area (Å²) in [5, 5.41) is 7.88. The molecule has 72 valence electrons. The maximum absolute atomic E-state index is 3.51. The van der Waals surface area contributed by atoms with Gasteiger partial charge in [-0.3, -0.25) is 0 Å². The third kappa shape index (κ3) is 2.03. The number of thiophene rings is 1. The van der Waals surface area contributed by atoms with E-state index < -0.39 is 0 Å². The van der Waals surface area contributed by atoms with Crippen LogP contribution in [0.3, 0.4) is 0 Å². The molecule has 1 aromatic heterocycles. The zero-order valence-corrected chi connectivity index (χ0v) is 9.03. The Morgan fingerprint density at radius 3 is 3.00 bits per heavy atom. The van der Waals surface area contributed by atoms with Crippen molar-refractivity contribution >= 4 is 17.0 Å². The maximum Gasteiger partial charge on any atom is 0.0475 e. The van der Waals surface area contributed by atoms with Gasteiger partial charge in [-0.25, -0.2) is 0 Å². The van der Waals surface area contributed by atoms with E-state index in [9.17, 15) is 0 Å². The average molecular weight is 196 g/mol. The van der Waals surface area contributed by atoms with Crippen molar-refractivity contribution in [3.8, 4) is 0 Å². The lowest BCUT2D eigenvalue weighted by Crippen LogP contribution is -2.57. The molecule has 0 saturated carbocycles. The van der Waals surface area contributed by atoms with Gasteiger partial charge in [0.1, 0.15) is 0 Å². The summed E-state index contributed by atoms with van der Waals surface area (Å²) in [5.41, 5.74) is 1.62. The first-order chi connectivity index (χ1) is 6.17. The number of piperazine rings is 1. The van der Waals surface area contributed by atoms with Crippen molar-refractivity contribution in [3.05, 3.63) is 16.8 Å². The van der Waals surface area contributed by atoms with Gasteiger partial charge in [-0.15, -0.1) is 0 Å². The Morgan fingerprint density at radius 2 is 2.38 bits per heavy atom. The van der Waals surface area contributed by atoms with Gasteiger partial charge < -0.3 is 10.2 Å². The fourth-order valence-electron chi connectivity index (χ4n) is 1.80. The quantitative estimate of drug-likeness (QED) is 0.738. The lowest BCUT2D eigenvalue weighted by atomic mass is 10.0. The van der Waals surface area contributed by atoms with E-state index in [0.717, 1.165) is 19.6 Å². The van der Waals surface area contributed by atoms with E-state index in [2.05, 4.69) is 40.9 Å². The van der Waals surface area contributed by atoms with Crippen LogP contribution in [0.15, 0.2) is 16.8 Å². The fourth-order valence-corrected chi connectivity index (χ4v) is 2.46. The Labute approximate surface area is 83.6 Å². The van der Waals surface area contributed by atoms with Crippen molar-refractivity contribution in [2.75, 3.05) is 24.5 Å². The third-order valence-corrected chi connectivity index (χ3v) is 3.11. The zero-order chi connectivity index (χ0) is 9.31. The van der Waals surface area contributed by atoms with Crippen molar-refractivity contribution in [2.24, 2.45) is 0 Å². The molecule has 1 N–H and O–H groups in total. The fraction of sp³-hybridized carbons (Fsp3) is 0.600. The first kappa shape index (κ1) is 9.03. The minimum absolute atomic E-state index is 0.250. The predicted octanol–water partition coefficient (Wildman–Crippen LogP) is 1.94. The summed E-state index contributed by atoms with van der Waals surface area (Å²) in [6.07, 6.45) is 0. The minimum Gasteiger partial charge on any atom is -0.368 e. The van der Waals surface area contributed by atoms with Crippen LogP contribution in [0.2, 0.25) is 0 Å². The minimum atomic E-state index is 0.250. The van der Waals surface area contributed by atoms with Crippen LogP contribution in [0, 0.1) is 0 Å². The molecule has 0 bridgehead atoms. The molecular formula is C10H16N2S. The van der Waals surface area contributed by atoms with Gasteiger partial charge in [0, 0.05) is 36.2 Å². The Kier molecular flexibility index (Phi) is 2.30. The first-order valence-electron chi connectivity index (χ1n) is 4.70. The van der Waals surface area contributed by atoms with Gasteiger partial charge in [0.25, 0.3) is 0 Å². The topological polar surface area (TPSA) is 15.3 Å². The Balaban J connectivity index is 2.09. The number of rotatable bonds is 1. The van der Waals surface area contributed by atoms with E-state index in [1.54, 1.807) is 11.3 Å². The lowest BCUT2D eigenvalue weighted by molar-refractivity contribution is 0.353. The predicted molar refractivity (Wildman–Crippen MR) is 58.6 cm³/mol. The van der Waals surface area contributed by atoms with E-state index in [1.165, 1.54) is 5.69 Å². The second-order valence-corrected chi connectivity index (χ2v) is 4.99. The Bertz CT molecular complexity index is 266. The van der Waals surface area contributed by atoms with Crippen LogP contribution in [-0.4, -0.2) is 25.2 Å². The molecule has 1 fully saturated rings. The highest BCUT2D eigenvalue weighted by Crippen LogP contribution is 2.21. The van der Waals surface area contributed by atoms with Gasteiger partial charge in [-0.2, -0.15) is 11.3 Å². The summed E-state index contributed by atoms with van der Waals surface area (Å²) in [7, 11) is 0. The van der Waals surface area contributed by atoms with Gasteiger partial charge in [0.05, 0.1) is 0 Å². The molecule has 1 aliphatic rings. The molecule has 1 aliphatic heterocycles. The van der Waals surface area contributed by atoms with E-state index in [-0.39, 0.29) is 5.54 Å². The van der Waals surface area contributed by atoms with Crippen molar-refractivity contribution in [1.29, 1.82) is 0 Å². The highest BCUT2D eigenvalue weighted by atomic mass is 32.1. The standard InChI is InChI=1S/C10H16N2S/c1-10(2)8-12(5-4-11-10)9-3-6-13-7-9/h3,6-7,11H,4-5,8H2,1-2H3. The van der Waals surface area contributed by atoms with Gasteiger partial charge in [-0.05, 0) is 25.3 Å². The van der Waals surface area contributed by atoms with Gasteiger partial charge >= 0.3 is 0 Å². The van der Waals surface area contributed by atoms with Crippen molar-refractivity contribution in [1.82, 2.24) is 5.32 Å². The number of hydrogen-bond donors (Lipinski definition) is 1. The van der Waals surface area contributed by atoms with Gasteiger partial charge in [0.2, 0.25) is 0 Å². The molecule has 0 aliphatic carbocycles. The van der Waals surface area contributed by atoms with Crippen LogP contribution in [0.25, 0.3) is 0 Å². The van der Waals surface area contributed by atoms with E-state index in [4.69, 9.17) is 0 Å². The number of anilines is 1. The first-order valence-corrected chi connectivity index (χ1v) is 5.64. The molecule has 13 heavy (non-hydrogen) atoms. The summed E-state index contributed by atoms with van der Waals surface area (Å²) in [4.78, 5) is 2.45. The molecule has 2 nitrogen and oxygen atoms in total. The van der Waals surface area contributed by atoms with Gasteiger partial charge in [0.15, 0.2) is 0 Å². The maximum atomic E-state index is 3.51. The van der Waals surface area contributed by atoms with Crippen molar-refractivity contribution in [2.45, 2.75) is 19.4 Å².